The molecule has 2 aromatic rings. The van der Waals surface area contributed by atoms with Crippen LogP contribution in [0.2, 0.25) is 0 Å². The van der Waals surface area contributed by atoms with Crippen LogP contribution in [-0.2, 0) is 0 Å². The van der Waals surface area contributed by atoms with E-state index in [2.05, 4.69) is 0 Å². The molecular weight excluding hydrogens is 207 g/mol. The van der Waals surface area contributed by atoms with Crippen molar-refractivity contribution in [1.82, 2.24) is 0 Å². The van der Waals surface area contributed by atoms with Crippen LogP contribution in [-0.4, -0.2) is 28.2 Å². The minimum Gasteiger partial charge on any atom is -0.478 e. The minimum absolute atomic E-state index is 0.213. The Balaban J connectivity index is 2.57. The maximum Gasteiger partial charge on any atom is 0.488 e. The van der Waals surface area contributed by atoms with Crippen molar-refractivity contribution in [2.45, 2.75) is 0 Å². The van der Waals surface area contributed by atoms with Crippen molar-refractivity contribution in [1.29, 1.82) is 0 Å². The highest BCUT2D eigenvalue weighted by Gasteiger charge is 2.11. The number of carbonyl (C=O) groups is 1. The van der Waals surface area contributed by atoms with Crippen LogP contribution in [0.15, 0.2) is 36.4 Å². The molecule has 2 rings (SSSR count). The van der Waals surface area contributed by atoms with Crippen LogP contribution >= 0.6 is 0 Å². The topological polar surface area (TPSA) is 77.8 Å². The van der Waals surface area contributed by atoms with Gasteiger partial charge in [-0.05, 0) is 28.4 Å². The van der Waals surface area contributed by atoms with Gasteiger partial charge in [0.05, 0.1) is 5.56 Å². The van der Waals surface area contributed by atoms with E-state index in [4.69, 9.17) is 15.2 Å². The van der Waals surface area contributed by atoms with Crippen molar-refractivity contribution in [3.63, 3.8) is 0 Å². The summed E-state index contributed by atoms with van der Waals surface area (Å²) in [5, 5.41) is 28.3. The molecule has 0 radical (unpaired) electrons. The van der Waals surface area contributed by atoms with Gasteiger partial charge in [0.1, 0.15) is 0 Å². The van der Waals surface area contributed by atoms with E-state index in [1.165, 1.54) is 6.07 Å². The van der Waals surface area contributed by atoms with Gasteiger partial charge >= 0.3 is 13.1 Å². The summed E-state index contributed by atoms with van der Waals surface area (Å²) in [5.41, 5.74) is 0.598. The van der Waals surface area contributed by atoms with Crippen molar-refractivity contribution >= 4 is 29.3 Å². The monoisotopic (exact) mass is 216 g/mol. The second-order valence-electron chi connectivity index (χ2n) is 3.50. The largest absolute Gasteiger partial charge is 0.488 e. The fourth-order valence-corrected chi connectivity index (χ4v) is 1.56. The second-order valence-corrected chi connectivity index (χ2v) is 3.50. The number of rotatable bonds is 2. The van der Waals surface area contributed by atoms with Crippen LogP contribution in [0.3, 0.4) is 0 Å². The Bertz CT molecular complexity index is 551. The zero-order valence-electron chi connectivity index (χ0n) is 8.29. The maximum atomic E-state index is 10.7. The predicted molar refractivity (Wildman–Crippen MR) is 60.7 cm³/mol. The van der Waals surface area contributed by atoms with Gasteiger partial charge in [0.25, 0.3) is 0 Å². The number of carboxylic acids is 1. The van der Waals surface area contributed by atoms with E-state index >= 15 is 0 Å². The third-order valence-electron chi connectivity index (χ3n) is 2.41. The molecule has 0 amide bonds. The average Bonchev–Trinajstić information content (AvgIpc) is 2.27. The van der Waals surface area contributed by atoms with E-state index < -0.39 is 13.1 Å². The van der Waals surface area contributed by atoms with E-state index in [0.29, 0.717) is 5.46 Å². The van der Waals surface area contributed by atoms with Crippen molar-refractivity contribution < 1.29 is 19.9 Å². The van der Waals surface area contributed by atoms with Gasteiger partial charge in [0.15, 0.2) is 0 Å². The number of hydrogen-bond donors (Lipinski definition) is 3. The van der Waals surface area contributed by atoms with Gasteiger partial charge < -0.3 is 15.2 Å². The number of aromatic carboxylic acids is 1. The Morgan fingerprint density at radius 1 is 1.00 bits per heavy atom. The molecule has 0 atom stereocenters. The molecule has 0 fully saturated rings. The number of hydrogen-bond acceptors (Lipinski definition) is 3. The number of fused-ring (bicyclic) bond motifs is 1. The first-order chi connectivity index (χ1) is 7.58. The van der Waals surface area contributed by atoms with Crippen LogP contribution in [0.25, 0.3) is 10.8 Å². The molecule has 0 aliphatic heterocycles. The molecule has 0 unspecified atom stereocenters. The summed E-state index contributed by atoms with van der Waals surface area (Å²) in [5.74, 6) is -0.979. The summed E-state index contributed by atoms with van der Waals surface area (Å²) in [4.78, 5) is 10.7. The molecule has 3 N–H and O–H groups in total. The lowest BCUT2D eigenvalue weighted by Gasteiger charge is -2.03. The summed E-state index contributed by atoms with van der Waals surface area (Å²) >= 11 is 0. The first-order valence-electron chi connectivity index (χ1n) is 4.71. The maximum absolute atomic E-state index is 10.7. The molecule has 4 nitrogen and oxygen atoms in total. The van der Waals surface area contributed by atoms with Crippen LogP contribution in [0.5, 0.6) is 0 Å². The van der Waals surface area contributed by atoms with E-state index in [1.54, 1.807) is 30.3 Å². The summed E-state index contributed by atoms with van der Waals surface area (Å²) in [7, 11) is -1.51. The van der Waals surface area contributed by atoms with E-state index in [-0.39, 0.29) is 5.56 Å². The van der Waals surface area contributed by atoms with Crippen molar-refractivity contribution in [3.8, 4) is 0 Å². The molecule has 0 aliphatic rings. The van der Waals surface area contributed by atoms with Gasteiger partial charge in [-0.2, -0.15) is 0 Å². The number of carboxylic acid groups (broad SMARTS) is 1. The molecule has 0 aromatic heterocycles. The Labute approximate surface area is 91.9 Å². The van der Waals surface area contributed by atoms with Crippen LogP contribution < -0.4 is 5.46 Å². The normalized spacial score (nSPS) is 10.4. The summed E-state index contributed by atoms with van der Waals surface area (Å²) in [6.45, 7) is 0. The van der Waals surface area contributed by atoms with Gasteiger partial charge in [-0.25, -0.2) is 4.79 Å². The first kappa shape index (κ1) is 10.7. The molecular formula is C11H9BO4. The quantitative estimate of drug-likeness (QED) is 0.627. The fraction of sp³-hybridized carbons (Fsp3) is 0. The molecule has 0 saturated heterocycles. The molecule has 16 heavy (non-hydrogen) atoms. The Kier molecular flexibility index (Phi) is 2.64. The Hall–Kier alpha value is -1.85. The second kappa shape index (κ2) is 3.96. The highest BCUT2D eigenvalue weighted by atomic mass is 16.4. The Morgan fingerprint density at radius 3 is 2.25 bits per heavy atom. The summed E-state index contributed by atoms with van der Waals surface area (Å²) < 4.78 is 0. The molecule has 0 heterocycles. The van der Waals surface area contributed by atoms with Gasteiger partial charge in [-0.1, -0.05) is 24.3 Å². The first-order valence-corrected chi connectivity index (χ1v) is 4.71. The molecule has 5 heteroatoms. The summed E-state index contributed by atoms with van der Waals surface area (Å²) in [6.07, 6.45) is 0. The average molecular weight is 216 g/mol. The van der Waals surface area contributed by atoms with Gasteiger partial charge in [0, 0.05) is 0 Å². The smallest absolute Gasteiger partial charge is 0.478 e. The molecule has 2 aromatic carbocycles. The van der Waals surface area contributed by atoms with Crippen molar-refractivity contribution in [2.75, 3.05) is 0 Å². The zero-order valence-corrected chi connectivity index (χ0v) is 8.29. The minimum atomic E-state index is -1.51. The van der Waals surface area contributed by atoms with Crippen molar-refractivity contribution in [2.24, 2.45) is 0 Å². The zero-order chi connectivity index (χ0) is 11.7. The summed E-state index contributed by atoms with van der Waals surface area (Å²) in [6, 6.07) is 9.51. The molecule has 0 saturated carbocycles. The highest BCUT2D eigenvalue weighted by Crippen LogP contribution is 2.14. The number of benzene rings is 2. The van der Waals surface area contributed by atoms with Crippen LogP contribution in [0.4, 0.5) is 0 Å². The highest BCUT2D eigenvalue weighted by molar-refractivity contribution is 6.58. The van der Waals surface area contributed by atoms with E-state index in [9.17, 15) is 4.79 Å². The molecule has 80 valence electrons. The lowest BCUT2D eigenvalue weighted by Crippen LogP contribution is -2.29. The standard InChI is InChI=1S/C11H9BO4/c13-11(14)9-2-1-8-6-10(12(15)16)4-3-7(8)5-9/h1-6,15-16H,(H,13,14). The molecule has 0 spiro atoms. The van der Waals surface area contributed by atoms with E-state index in [1.807, 2.05) is 0 Å². The molecule has 0 aliphatic carbocycles. The van der Waals surface area contributed by atoms with Crippen LogP contribution in [0.1, 0.15) is 10.4 Å². The third kappa shape index (κ3) is 1.91. The SMILES string of the molecule is O=C(O)c1ccc2cc(B(O)O)ccc2c1. The van der Waals surface area contributed by atoms with Crippen LogP contribution in [0, 0.1) is 0 Å². The Morgan fingerprint density at radius 2 is 1.62 bits per heavy atom. The van der Waals surface area contributed by atoms with Gasteiger partial charge in [-0.15, -0.1) is 0 Å². The third-order valence-corrected chi connectivity index (χ3v) is 2.41. The predicted octanol–water partition coefficient (Wildman–Crippen LogP) is 0.218. The van der Waals surface area contributed by atoms with Gasteiger partial charge in [0.2, 0.25) is 0 Å². The molecule has 0 bridgehead atoms. The van der Waals surface area contributed by atoms with Gasteiger partial charge in [-0.3, -0.25) is 0 Å². The van der Waals surface area contributed by atoms with Crippen molar-refractivity contribution in [3.05, 3.63) is 42.0 Å². The lowest BCUT2D eigenvalue weighted by atomic mass is 9.79. The lowest BCUT2D eigenvalue weighted by molar-refractivity contribution is 0.0697. The fourth-order valence-electron chi connectivity index (χ4n) is 1.56. The van der Waals surface area contributed by atoms with E-state index in [0.717, 1.165) is 10.8 Å².